The number of ketones is 1. The molecule has 4 heteroatoms. The molecule has 0 radical (unpaired) electrons. The number of allylic oxidation sites excluding steroid dienone is 1. The van der Waals surface area contributed by atoms with Gasteiger partial charge in [0.1, 0.15) is 0 Å². The fourth-order valence-electron chi connectivity index (χ4n) is 7.11. The Kier molecular flexibility index (Phi) is 4.37. The largest absolute Gasteiger partial charge is 0.379 e. The summed E-state index contributed by atoms with van der Waals surface area (Å²) in [4.78, 5) is 15.8. The number of carbonyl (C=O) groups excluding carboxylic acids is 1. The van der Waals surface area contributed by atoms with E-state index >= 15 is 0 Å². The minimum Gasteiger partial charge on any atom is -0.379 e. The molecule has 6 rings (SSSR count). The molecule has 0 amide bonds. The van der Waals surface area contributed by atoms with E-state index in [1.54, 1.807) is 0 Å². The first-order valence-corrected chi connectivity index (χ1v) is 11.6. The molecule has 0 atom stereocenters. The van der Waals surface area contributed by atoms with Crippen molar-refractivity contribution >= 4 is 28.8 Å². The topological polar surface area (TPSA) is 32.3 Å². The highest BCUT2D eigenvalue weighted by atomic mass is 35.5. The van der Waals surface area contributed by atoms with Gasteiger partial charge in [0, 0.05) is 42.4 Å². The van der Waals surface area contributed by atoms with E-state index in [2.05, 4.69) is 31.3 Å². The highest BCUT2D eigenvalue weighted by Crippen LogP contribution is 2.60. The first-order valence-electron chi connectivity index (χ1n) is 11.2. The number of anilines is 1. The van der Waals surface area contributed by atoms with E-state index in [1.165, 1.54) is 24.8 Å². The quantitative estimate of drug-likeness (QED) is 0.669. The lowest BCUT2D eigenvalue weighted by atomic mass is 9.48. The molecule has 0 saturated heterocycles. The molecule has 3 nitrogen and oxygen atoms in total. The molecule has 156 valence electrons. The molecule has 4 bridgehead atoms. The van der Waals surface area contributed by atoms with Crippen LogP contribution in [0.15, 0.2) is 18.2 Å². The van der Waals surface area contributed by atoms with Crippen molar-refractivity contribution in [3.63, 3.8) is 0 Å². The van der Waals surface area contributed by atoms with Crippen LogP contribution in [0.5, 0.6) is 0 Å². The number of hydrogen-bond donors (Lipinski definition) is 1. The number of nitrogens with one attached hydrogen (secondary N) is 1. The van der Waals surface area contributed by atoms with E-state index in [4.69, 9.17) is 11.6 Å². The Labute approximate surface area is 179 Å². The van der Waals surface area contributed by atoms with Gasteiger partial charge in [0.2, 0.25) is 0 Å². The number of hydrogen-bond acceptors (Lipinski definition) is 3. The van der Waals surface area contributed by atoms with E-state index in [0.29, 0.717) is 5.78 Å². The van der Waals surface area contributed by atoms with E-state index in [1.807, 2.05) is 25.1 Å². The van der Waals surface area contributed by atoms with Crippen molar-refractivity contribution in [1.82, 2.24) is 5.32 Å². The van der Waals surface area contributed by atoms with Crippen molar-refractivity contribution < 1.29 is 4.79 Å². The monoisotopic (exact) mass is 412 g/mol. The predicted molar refractivity (Wildman–Crippen MR) is 120 cm³/mol. The summed E-state index contributed by atoms with van der Waals surface area (Å²) < 4.78 is 0. The summed E-state index contributed by atoms with van der Waals surface area (Å²) >= 11 is 6.57. The molecular weight excluding hydrogens is 380 g/mol. The van der Waals surface area contributed by atoms with Crippen LogP contribution in [0.4, 0.5) is 5.69 Å². The zero-order valence-electron chi connectivity index (χ0n) is 18.1. The Morgan fingerprint density at radius 3 is 2.24 bits per heavy atom. The van der Waals surface area contributed by atoms with Crippen molar-refractivity contribution in [1.29, 1.82) is 0 Å². The summed E-state index contributed by atoms with van der Waals surface area (Å²) in [5.74, 6) is 2.71. The number of rotatable bonds is 3. The Morgan fingerprint density at radius 1 is 1.10 bits per heavy atom. The SMILES string of the molecule is CN(C)c1cc2c(cc1Cl)CC(C)(C)NC2=CC(=O)C12CC3CC(CC(C3)C1)C2. The van der Waals surface area contributed by atoms with Gasteiger partial charge >= 0.3 is 0 Å². The van der Waals surface area contributed by atoms with Gasteiger partial charge in [-0.15, -0.1) is 0 Å². The third kappa shape index (κ3) is 3.30. The molecule has 1 N–H and O–H groups in total. The number of fused-ring (bicyclic) bond motifs is 1. The Hall–Kier alpha value is -1.48. The maximum atomic E-state index is 13.7. The zero-order valence-corrected chi connectivity index (χ0v) is 18.9. The summed E-state index contributed by atoms with van der Waals surface area (Å²) in [6.45, 7) is 4.40. The molecule has 4 fully saturated rings. The number of benzene rings is 1. The van der Waals surface area contributed by atoms with Crippen molar-refractivity contribution in [2.75, 3.05) is 19.0 Å². The maximum Gasteiger partial charge on any atom is 0.163 e. The van der Waals surface area contributed by atoms with Crippen LogP contribution in [0.3, 0.4) is 0 Å². The van der Waals surface area contributed by atoms with Crippen LogP contribution < -0.4 is 10.2 Å². The van der Waals surface area contributed by atoms with E-state index in [9.17, 15) is 4.79 Å². The van der Waals surface area contributed by atoms with Crippen LogP contribution in [0.25, 0.3) is 5.70 Å². The molecule has 0 spiro atoms. The van der Waals surface area contributed by atoms with Gasteiger partial charge in [0.25, 0.3) is 0 Å². The van der Waals surface area contributed by atoms with E-state index in [0.717, 1.165) is 65.4 Å². The Bertz CT molecular complexity index is 863. The number of carbonyl (C=O) groups is 1. The maximum absolute atomic E-state index is 13.7. The second kappa shape index (κ2) is 6.51. The summed E-state index contributed by atoms with van der Waals surface area (Å²) in [5, 5.41) is 4.45. The van der Waals surface area contributed by atoms with Gasteiger partial charge in [-0.05, 0) is 94.2 Å². The highest BCUT2D eigenvalue weighted by molar-refractivity contribution is 6.33. The van der Waals surface area contributed by atoms with Crippen LogP contribution >= 0.6 is 11.6 Å². The van der Waals surface area contributed by atoms with Crippen LogP contribution in [0.2, 0.25) is 5.02 Å². The molecule has 1 aromatic carbocycles. The van der Waals surface area contributed by atoms with Crippen LogP contribution in [0, 0.1) is 23.2 Å². The molecule has 4 aliphatic carbocycles. The fraction of sp³-hybridized carbons (Fsp3) is 0.640. The summed E-state index contributed by atoms with van der Waals surface area (Å²) in [7, 11) is 4.02. The third-order valence-corrected chi connectivity index (χ3v) is 8.19. The Balaban J connectivity index is 1.54. The van der Waals surface area contributed by atoms with Gasteiger partial charge < -0.3 is 10.2 Å². The molecular formula is C25H33ClN2O. The van der Waals surface area contributed by atoms with Crippen molar-refractivity contribution in [2.24, 2.45) is 23.2 Å². The minimum absolute atomic E-state index is 0.0937. The lowest BCUT2D eigenvalue weighted by Gasteiger charge is -2.55. The van der Waals surface area contributed by atoms with Gasteiger partial charge in [-0.25, -0.2) is 0 Å². The average Bonchev–Trinajstić information content (AvgIpc) is 2.58. The average molecular weight is 413 g/mol. The van der Waals surface area contributed by atoms with E-state index < -0.39 is 0 Å². The molecule has 29 heavy (non-hydrogen) atoms. The fourth-order valence-corrected chi connectivity index (χ4v) is 7.46. The first kappa shape index (κ1) is 19.5. The van der Waals surface area contributed by atoms with Gasteiger partial charge in [0.05, 0.1) is 10.7 Å². The summed E-state index contributed by atoms with van der Waals surface area (Å²) in [6.07, 6.45) is 10.3. The smallest absolute Gasteiger partial charge is 0.163 e. The van der Waals surface area contributed by atoms with Crippen molar-refractivity contribution in [3.05, 3.63) is 34.4 Å². The zero-order chi connectivity index (χ0) is 20.6. The van der Waals surface area contributed by atoms with Crippen molar-refractivity contribution in [2.45, 2.75) is 64.3 Å². The van der Waals surface area contributed by atoms with Crippen LogP contribution in [-0.4, -0.2) is 25.4 Å². The number of halogens is 1. The van der Waals surface area contributed by atoms with Gasteiger partial charge in [-0.3, -0.25) is 4.79 Å². The first-order chi connectivity index (χ1) is 13.6. The molecule has 0 aromatic heterocycles. The van der Waals surface area contributed by atoms with Crippen LogP contribution in [-0.2, 0) is 11.2 Å². The molecule has 5 aliphatic rings. The molecule has 1 aromatic rings. The lowest BCUT2D eigenvalue weighted by Crippen LogP contribution is -2.50. The second-order valence-corrected chi connectivity index (χ2v) is 11.6. The minimum atomic E-state index is -0.0953. The molecule has 4 saturated carbocycles. The number of nitrogens with zero attached hydrogens (tertiary/aromatic N) is 1. The highest BCUT2D eigenvalue weighted by Gasteiger charge is 2.54. The standard InChI is InChI=1S/C25H33ClN2O/c1-24(2)14-18-8-20(26)22(28(3)4)9-19(18)21(27-24)10-23(29)25-11-15-5-16(12-25)7-17(6-15)13-25/h8-10,15-17,27H,5-7,11-14H2,1-4H3. The molecule has 1 aliphatic heterocycles. The molecule has 0 unspecified atom stereocenters. The van der Waals surface area contributed by atoms with Gasteiger partial charge in [0.15, 0.2) is 5.78 Å². The van der Waals surface area contributed by atoms with E-state index in [-0.39, 0.29) is 11.0 Å². The van der Waals surface area contributed by atoms with Gasteiger partial charge in [-0.2, -0.15) is 0 Å². The summed E-state index contributed by atoms with van der Waals surface area (Å²) in [6, 6.07) is 4.25. The second-order valence-electron chi connectivity index (χ2n) is 11.2. The normalized spacial score (nSPS) is 35.3. The van der Waals surface area contributed by atoms with Crippen LogP contribution in [0.1, 0.15) is 63.5 Å². The summed E-state index contributed by atoms with van der Waals surface area (Å²) in [5.41, 5.74) is 4.16. The third-order valence-electron chi connectivity index (χ3n) is 7.89. The lowest BCUT2D eigenvalue weighted by molar-refractivity contribution is -0.138. The Morgan fingerprint density at radius 2 is 1.69 bits per heavy atom. The van der Waals surface area contributed by atoms with Crippen molar-refractivity contribution in [3.8, 4) is 0 Å². The predicted octanol–water partition coefficient (Wildman–Crippen LogP) is 5.46. The van der Waals surface area contributed by atoms with Gasteiger partial charge in [-0.1, -0.05) is 11.6 Å². The molecule has 1 heterocycles.